The fraction of sp³-hybridized carbons (Fsp3) is 0.100. The topological polar surface area (TPSA) is 84.4 Å². The number of aromatic amines is 1. The van der Waals surface area contributed by atoms with Gasteiger partial charge in [-0.3, -0.25) is 4.79 Å². The number of carbonyl (C=O) groups excluding carboxylic acids is 1. The van der Waals surface area contributed by atoms with Crippen molar-refractivity contribution in [3.05, 3.63) is 59.8 Å². The molecule has 0 amide bonds. The molecule has 0 aliphatic rings. The molecule has 4 rings (SSSR count). The fourth-order valence-electron chi connectivity index (χ4n) is 2.99. The molecule has 0 radical (unpaired) electrons. The van der Waals surface area contributed by atoms with Crippen LogP contribution in [0.4, 0.5) is 0 Å². The maximum absolute atomic E-state index is 12.9. The Kier molecular flexibility index (Phi) is 3.73. The first-order chi connectivity index (χ1) is 12.6. The van der Waals surface area contributed by atoms with Gasteiger partial charge in [-0.25, -0.2) is 4.98 Å². The Balaban J connectivity index is 1.84. The zero-order valence-electron chi connectivity index (χ0n) is 14.2. The number of benzene rings is 2. The Hall–Kier alpha value is -3.54. The van der Waals surface area contributed by atoms with E-state index in [0.29, 0.717) is 17.0 Å². The van der Waals surface area contributed by atoms with Crippen LogP contribution in [0.1, 0.15) is 15.9 Å². The summed E-state index contributed by atoms with van der Waals surface area (Å²) in [5, 5.41) is 11.8. The van der Waals surface area contributed by atoms with Crippen molar-refractivity contribution in [1.82, 2.24) is 9.97 Å². The number of aromatic nitrogens is 2. The quantitative estimate of drug-likeness (QED) is 0.550. The van der Waals surface area contributed by atoms with Gasteiger partial charge in [0.1, 0.15) is 22.9 Å². The summed E-state index contributed by atoms with van der Waals surface area (Å²) in [7, 11) is 3.12. The number of hydrogen-bond acceptors (Lipinski definition) is 5. The molecule has 2 aromatic carbocycles. The smallest absolute Gasteiger partial charge is 0.198 e. The lowest BCUT2D eigenvalue weighted by Crippen LogP contribution is -2.03. The summed E-state index contributed by atoms with van der Waals surface area (Å²) in [6.07, 6.45) is 1.50. The van der Waals surface area contributed by atoms with Crippen molar-refractivity contribution in [1.29, 1.82) is 0 Å². The summed E-state index contributed by atoms with van der Waals surface area (Å²) in [5.41, 5.74) is 2.12. The molecule has 2 aromatic heterocycles. The van der Waals surface area contributed by atoms with Crippen molar-refractivity contribution < 1.29 is 19.4 Å². The average molecular weight is 348 g/mol. The number of hydrogen-bond donors (Lipinski definition) is 2. The van der Waals surface area contributed by atoms with E-state index in [1.165, 1.54) is 25.4 Å². The van der Waals surface area contributed by atoms with Gasteiger partial charge in [-0.15, -0.1) is 0 Å². The van der Waals surface area contributed by atoms with E-state index >= 15 is 0 Å². The predicted octanol–water partition coefficient (Wildman–Crippen LogP) is 3.67. The number of fused-ring (bicyclic) bond motifs is 3. The molecule has 0 unspecified atom stereocenters. The number of methoxy groups -OCH3 is 2. The number of pyridine rings is 1. The Morgan fingerprint density at radius 2 is 1.73 bits per heavy atom. The highest BCUT2D eigenvalue weighted by Crippen LogP contribution is 2.30. The number of aromatic hydroxyl groups is 1. The number of rotatable bonds is 4. The molecule has 0 saturated heterocycles. The monoisotopic (exact) mass is 348 g/mol. The second kappa shape index (κ2) is 6.07. The molecule has 0 aliphatic carbocycles. The summed E-state index contributed by atoms with van der Waals surface area (Å²) >= 11 is 0. The van der Waals surface area contributed by atoms with E-state index < -0.39 is 0 Å². The van der Waals surface area contributed by atoms with Gasteiger partial charge in [0.2, 0.25) is 0 Å². The van der Waals surface area contributed by atoms with E-state index in [1.807, 2.05) is 18.2 Å². The van der Waals surface area contributed by atoms with Gasteiger partial charge < -0.3 is 19.6 Å². The molecule has 2 N–H and O–H groups in total. The van der Waals surface area contributed by atoms with Crippen molar-refractivity contribution >= 4 is 27.7 Å². The largest absolute Gasteiger partial charge is 0.507 e. The first kappa shape index (κ1) is 16.0. The van der Waals surface area contributed by atoms with Crippen LogP contribution in [0.25, 0.3) is 21.9 Å². The Morgan fingerprint density at radius 3 is 2.50 bits per heavy atom. The summed E-state index contributed by atoms with van der Waals surface area (Å²) in [5.74, 6) is 0.819. The number of ketones is 1. The van der Waals surface area contributed by atoms with Crippen LogP contribution in [0.5, 0.6) is 17.2 Å². The van der Waals surface area contributed by atoms with E-state index in [2.05, 4.69) is 9.97 Å². The molecule has 0 fully saturated rings. The molecule has 26 heavy (non-hydrogen) atoms. The van der Waals surface area contributed by atoms with Gasteiger partial charge in [0.15, 0.2) is 5.78 Å². The summed E-state index contributed by atoms with van der Waals surface area (Å²) in [6, 6.07) is 12.0. The number of ether oxygens (including phenoxy) is 2. The third kappa shape index (κ3) is 2.52. The fourth-order valence-corrected chi connectivity index (χ4v) is 2.99. The van der Waals surface area contributed by atoms with E-state index in [9.17, 15) is 9.90 Å². The number of H-pyrrole nitrogens is 1. The SMILES string of the molecule is COc1ccc(O)c(C(=O)c2cnc3[nH]c4cc(OC)ccc4c3c2)c1. The van der Waals surface area contributed by atoms with E-state index in [4.69, 9.17) is 9.47 Å². The molecule has 6 heteroatoms. The minimum absolute atomic E-state index is 0.0976. The Labute approximate surface area is 149 Å². The van der Waals surface area contributed by atoms with Gasteiger partial charge in [0.25, 0.3) is 0 Å². The van der Waals surface area contributed by atoms with Gasteiger partial charge >= 0.3 is 0 Å². The van der Waals surface area contributed by atoms with Crippen molar-refractivity contribution in [3.63, 3.8) is 0 Å². The number of nitrogens with one attached hydrogen (secondary N) is 1. The minimum atomic E-state index is -0.321. The Morgan fingerprint density at radius 1 is 1.00 bits per heavy atom. The second-order valence-electron chi connectivity index (χ2n) is 5.87. The number of phenols is 1. The number of phenolic OH excluding ortho intramolecular Hbond substituents is 1. The van der Waals surface area contributed by atoms with Crippen LogP contribution in [0, 0.1) is 0 Å². The van der Waals surface area contributed by atoms with Gasteiger partial charge in [-0.2, -0.15) is 0 Å². The van der Waals surface area contributed by atoms with Crippen LogP contribution in [0.15, 0.2) is 48.7 Å². The highest BCUT2D eigenvalue weighted by molar-refractivity contribution is 6.14. The van der Waals surface area contributed by atoms with Crippen LogP contribution in [-0.4, -0.2) is 35.1 Å². The maximum atomic E-state index is 12.9. The van der Waals surface area contributed by atoms with Gasteiger partial charge in [-0.1, -0.05) is 0 Å². The molecule has 130 valence electrons. The van der Waals surface area contributed by atoms with Gasteiger partial charge in [-0.05, 0) is 36.4 Å². The standard InChI is InChI=1S/C20H16N2O4/c1-25-12-4-6-18(23)16(8-12)19(24)11-7-15-14-5-3-13(26-2)9-17(14)22-20(15)21-10-11/h3-10,23H,1-2H3,(H,21,22). The summed E-state index contributed by atoms with van der Waals surface area (Å²) in [6.45, 7) is 0. The van der Waals surface area contributed by atoms with Crippen LogP contribution in [0.2, 0.25) is 0 Å². The van der Waals surface area contributed by atoms with Crippen molar-refractivity contribution in [3.8, 4) is 17.2 Å². The van der Waals surface area contributed by atoms with E-state index in [-0.39, 0.29) is 17.1 Å². The molecule has 6 nitrogen and oxygen atoms in total. The van der Waals surface area contributed by atoms with E-state index in [1.54, 1.807) is 19.2 Å². The molecule has 2 heterocycles. The zero-order valence-corrected chi connectivity index (χ0v) is 14.2. The lowest BCUT2D eigenvalue weighted by molar-refractivity contribution is 0.103. The van der Waals surface area contributed by atoms with Gasteiger partial charge in [0, 0.05) is 28.6 Å². The Bertz CT molecular complexity index is 1150. The van der Waals surface area contributed by atoms with Crippen molar-refractivity contribution in [2.45, 2.75) is 0 Å². The third-order valence-corrected chi connectivity index (χ3v) is 4.37. The maximum Gasteiger partial charge on any atom is 0.198 e. The van der Waals surface area contributed by atoms with Crippen LogP contribution < -0.4 is 9.47 Å². The second-order valence-corrected chi connectivity index (χ2v) is 5.87. The van der Waals surface area contributed by atoms with Crippen molar-refractivity contribution in [2.24, 2.45) is 0 Å². The molecule has 0 aliphatic heterocycles. The molecule has 4 aromatic rings. The molecule has 0 bridgehead atoms. The molecule has 0 atom stereocenters. The van der Waals surface area contributed by atoms with E-state index in [0.717, 1.165) is 22.0 Å². The average Bonchev–Trinajstić information content (AvgIpc) is 3.04. The molecule has 0 spiro atoms. The first-order valence-electron chi connectivity index (χ1n) is 7.98. The molecular formula is C20H16N2O4. The lowest BCUT2D eigenvalue weighted by Gasteiger charge is -2.06. The van der Waals surface area contributed by atoms with Crippen molar-refractivity contribution in [2.75, 3.05) is 14.2 Å². The molecular weight excluding hydrogens is 332 g/mol. The lowest BCUT2D eigenvalue weighted by atomic mass is 10.0. The third-order valence-electron chi connectivity index (χ3n) is 4.37. The van der Waals surface area contributed by atoms with Crippen LogP contribution in [0.3, 0.4) is 0 Å². The first-order valence-corrected chi connectivity index (χ1v) is 7.98. The predicted molar refractivity (Wildman–Crippen MR) is 98.2 cm³/mol. The minimum Gasteiger partial charge on any atom is -0.507 e. The summed E-state index contributed by atoms with van der Waals surface area (Å²) < 4.78 is 10.4. The highest BCUT2D eigenvalue weighted by atomic mass is 16.5. The van der Waals surface area contributed by atoms with Crippen LogP contribution >= 0.6 is 0 Å². The zero-order chi connectivity index (χ0) is 18.3. The summed E-state index contributed by atoms with van der Waals surface area (Å²) in [4.78, 5) is 20.4. The highest BCUT2D eigenvalue weighted by Gasteiger charge is 2.17. The van der Waals surface area contributed by atoms with Crippen LogP contribution in [-0.2, 0) is 0 Å². The number of carbonyl (C=O) groups is 1. The number of nitrogens with zero attached hydrogens (tertiary/aromatic N) is 1. The normalized spacial score (nSPS) is 11.0. The molecule has 0 saturated carbocycles. The van der Waals surface area contributed by atoms with Gasteiger partial charge in [0.05, 0.1) is 25.3 Å².